The van der Waals surface area contributed by atoms with Crippen LogP contribution >= 0.6 is 0 Å². The number of benzene rings is 2. The van der Waals surface area contributed by atoms with Crippen LogP contribution in [0.4, 0.5) is 5.82 Å². The number of hydrogen-bond acceptors (Lipinski definition) is 5. The third-order valence-electron chi connectivity index (χ3n) is 4.10. The summed E-state index contributed by atoms with van der Waals surface area (Å²) in [5.41, 5.74) is 2.05. The zero-order valence-electron chi connectivity index (χ0n) is 15.0. The van der Waals surface area contributed by atoms with Crippen LogP contribution in [0.15, 0.2) is 79.0 Å². The lowest BCUT2D eigenvalue weighted by Crippen LogP contribution is -2.33. The minimum atomic E-state index is -0.643. The fraction of sp³-hybridized carbons (Fsp3) is 0.143. The molecule has 0 aliphatic carbocycles. The first-order valence-corrected chi connectivity index (χ1v) is 8.74. The van der Waals surface area contributed by atoms with E-state index in [9.17, 15) is 14.9 Å². The van der Waals surface area contributed by atoms with Crippen LogP contribution < -0.4 is 10.1 Å². The molecule has 1 atom stereocenters. The Bertz CT molecular complexity index is 933. The Hall–Kier alpha value is -3.74. The van der Waals surface area contributed by atoms with Gasteiger partial charge in [-0.25, -0.2) is 0 Å². The van der Waals surface area contributed by atoms with Gasteiger partial charge in [-0.3, -0.25) is 4.79 Å². The molecular formula is C21H19N3O4. The van der Waals surface area contributed by atoms with Crippen LogP contribution in [0.1, 0.15) is 17.2 Å². The first-order valence-electron chi connectivity index (χ1n) is 8.74. The number of ether oxygens (including phenoxy) is 1. The molecule has 2 aromatic carbocycles. The Balaban J connectivity index is 1.69. The molecule has 28 heavy (non-hydrogen) atoms. The smallest absolute Gasteiger partial charge is 0.406 e. The summed E-state index contributed by atoms with van der Waals surface area (Å²) in [5.74, 6) is -0.830. The molecule has 1 unspecified atom stereocenters. The second-order valence-corrected chi connectivity index (χ2v) is 6.09. The van der Waals surface area contributed by atoms with E-state index in [1.54, 1.807) is 0 Å². The first-order chi connectivity index (χ1) is 13.6. The molecule has 0 aliphatic heterocycles. The molecule has 0 saturated carbocycles. The highest BCUT2D eigenvalue weighted by atomic mass is 16.6. The van der Waals surface area contributed by atoms with E-state index in [0.29, 0.717) is 6.42 Å². The molecule has 0 fully saturated rings. The van der Waals surface area contributed by atoms with Crippen LogP contribution in [0.2, 0.25) is 0 Å². The highest BCUT2D eigenvalue weighted by Crippen LogP contribution is 2.23. The Kier molecular flexibility index (Phi) is 6.30. The second kappa shape index (κ2) is 9.27. The van der Waals surface area contributed by atoms with Gasteiger partial charge in [0, 0.05) is 0 Å². The minimum Gasteiger partial charge on any atom is -0.476 e. The lowest BCUT2D eigenvalue weighted by Gasteiger charge is -2.19. The van der Waals surface area contributed by atoms with Gasteiger partial charge in [0.15, 0.2) is 6.61 Å². The highest BCUT2D eigenvalue weighted by molar-refractivity contribution is 5.78. The average Bonchev–Trinajstić information content (AvgIpc) is 2.73. The van der Waals surface area contributed by atoms with Crippen molar-refractivity contribution in [1.82, 2.24) is 10.3 Å². The molecule has 0 aliphatic rings. The molecule has 7 nitrogen and oxygen atoms in total. The van der Waals surface area contributed by atoms with Crippen LogP contribution in [0.25, 0.3) is 0 Å². The number of nitro groups is 1. The van der Waals surface area contributed by atoms with Gasteiger partial charge in [0.2, 0.25) is 5.75 Å². The standard InChI is InChI=1S/C21H19N3O4/c25-20(15-28-19-12-7-13-22-21(19)24(26)27)23-18(17-10-5-2-6-11-17)14-16-8-3-1-4-9-16/h1-13,18H,14-15H2,(H,23,25). The third kappa shape index (κ3) is 5.14. The molecule has 142 valence electrons. The quantitative estimate of drug-likeness (QED) is 0.479. The van der Waals surface area contributed by atoms with Crippen LogP contribution in [0, 0.1) is 10.1 Å². The third-order valence-corrected chi connectivity index (χ3v) is 4.10. The predicted octanol–water partition coefficient (Wildman–Crippen LogP) is 3.47. The van der Waals surface area contributed by atoms with Gasteiger partial charge in [0.05, 0.1) is 6.04 Å². The van der Waals surface area contributed by atoms with Gasteiger partial charge in [0.25, 0.3) is 5.91 Å². The summed E-state index contributed by atoms with van der Waals surface area (Å²) >= 11 is 0. The Morgan fingerprint density at radius 3 is 2.39 bits per heavy atom. The van der Waals surface area contributed by atoms with Gasteiger partial charge in [-0.15, -0.1) is 0 Å². The largest absolute Gasteiger partial charge is 0.476 e. The summed E-state index contributed by atoms with van der Waals surface area (Å²) in [6.07, 6.45) is 1.92. The fourth-order valence-corrected chi connectivity index (χ4v) is 2.80. The fourth-order valence-electron chi connectivity index (χ4n) is 2.80. The summed E-state index contributed by atoms with van der Waals surface area (Å²) in [5, 5.41) is 13.9. The Labute approximate surface area is 162 Å². The Morgan fingerprint density at radius 2 is 1.71 bits per heavy atom. The van der Waals surface area contributed by atoms with E-state index >= 15 is 0 Å². The molecular weight excluding hydrogens is 358 g/mol. The van der Waals surface area contributed by atoms with Crippen molar-refractivity contribution < 1.29 is 14.5 Å². The summed E-state index contributed by atoms with van der Waals surface area (Å²) in [6.45, 7) is -0.343. The number of carbonyl (C=O) groups is 1. The normalized spacial score (nSPS) is 11.4. The zero-order valence-corrected chi connectivity index (χ0v) is 15.0. The van der Waals surface area contributed by atoms with Crippen LogP contribution in [-0.4, -0.2) is 22.4 Å². The second-order valence-electron chi connectivity index (χ2n) is 6.09. The topological polar surface area (TPSA) is 94.4 Å². The number of nitrogens with zero attached hydrogens (tertiary/aromatic N) is 2. The summed E-state index contributed by atoms with van der Waals surface area (Å²) < 4.78 is 5.33. The van der Waals surface area contributed by atoms with E-state index in [-0.39, 0.29) is 24.3 Å². The average molecular weight is 377 g/mol. The van der Waals surface area contributed by atoms with Crippen LogP contribution in [-0.2, 0) is 11.2 Å². The molecule has 3 rings (SSSR count). The van der Waals surface area contributed by atoms with E-state index in [2.05, 4.69) is 10.3 Å². The lowest BCUT2D eigenvalue weighted by molar-refractivity contribution is -0.390. The van der Waals surface area contributed by atoms with E-state index in [4.69, 9.17) is 4.74 Å². The summed E-state index contributed by atoms with van der Waals surface area (Å²) in [6, 6.07) is 22.1. The van der Waals surface area contributed by atoms with Crippen molar-refractivity contribution in [1.29, 1.82) is 0 Å². The van der Waals surface area contributed by atoms with Gasteiger partial charge in [0.1, 0.15) is 6.20 Å². The lowest BCUT2D eigenvalue weighted by atomic mass is 9.99. The van der Waals surface area contributed by atoms with Crippen molar-refractivity contribution in [3.8, 4) is 5.75 Å². The van der Waals surface area contributed by atoms with E-state index < -0.39 is 10.7 Å². The predicted molar refractivity (Wildman–Crippen MR) is 104 cm³/mol. The van der Waals surface area contributed by atoms with Gasteiger partial charge in [-0.05, 0) is 39.6 Å². The maximum Gasteiger partial charge on any atom is 0.406 e. The van der Waals surface area contributed by atoms with E-state index in [1.165, 1.54) is 18.3 Å². The molecule has 1 heterocycles. The zero-order chi connectivity index (χ0) is 19.8. The maximum absolute atomic E-state index is 12.4. The van der Waals surface area contributed by atoms with Gasteiger partial charge < -0.3 is 20.2 Å². The number of amides is 1. The molecule has 1 amide bonds. The molecule has 1 aromatic heterocycles. The number of nitrogens with one attached hydrogen (secondary N) is 1. The number of pyridine rings is 1. The monoisotopic (exact) mass is 377 g/mol. The van der Waals surface area contributed by atoms with Gasteiger partial charge >= 0.3 is 5.82 Å². The van der Waals surface area contributed by atoms with Crippen molar-refractivity contribution in [3.63, 3.8) is 0 Å². The number of carbonyl (C=O) groups excluding carboxylic acids is 1. The number of hydrogen-bond donors (Lipinski definition) is 1. The summed E-state index contributed by atoms with van der Waals surface area (Å²) in [4.78, 5) is 26.5. The molecule has 0 saturated heterocycles. The molecule has 7 heteroatoms. The van der Waals surface area contributed by atoms with Crippen molar-refractivity contribution in [2.24, 2.45) is 0 Å². The van der Waals surface area contributed by atoms with Crippen LogP contribution in [0.5, 0.6) is 5.75 Å². The van der Waals surface area contributed by atoms with E-state index in [0.717, 1.165) is 11.1 Å². The van der Waals surface area contributed by atoms with Crippen molar-refractivity contribution in [3.05, 3.63) is 100 Å². The van der Waals surface area contributed by atoms with E-state index in [1.807, 2.05) is 60.7 Å². The molecule has 1 N–H and O–H groups in total. The Morgan fingerprint density at radius 1 is 1.04 bits per heavy atom. The number of rotatable bonds is 8. The molecule has 0 spiro atoms. The minimum absolute atomic E-state index is 0.0398. The van der Waals surface area contributed by atoms with Crippen molar-refractivity contribution in [2.45, 2.75) is 12.5 Å². The molecule has 0 radical (unpaired) electrons. The SMILES string of the molecule is O=C(COc1cccnc1[N+](=O)[O-])NC(Cc1ccccc1)c1ccccc1. The molecule has 3 aromatic rings. The van der Waals surface area contributed by atoms with Crippen molar-refractivity contribution in [2.75, 3.05) is 6.61 Å². The first kappa shape index (κ1) is 19.0. The van der Waals surface area contributed by atoms with Crippen LogP contribution in [0.3, 0.4) is 0 Å². The highest BCUT2D eigenvalue weighted by Gasteiger charge is 2.19. The van der Waals surface area contributed by atoms with Gasteiger partial charge in [-0.1, -0.05) is 60.7 Å². The summed E-state index contributed by atoms with van der Waals surface area (Å²) in [7, 11) is 0. The van der Waals surface area contributed by atoms with Crippen molar-refractivity contribution >= 4 is 11.7 Å². The molecule has 0 bridgehead atoms. The maximum atomic E-state index is 12.4. The van der Waals surface area contributed by atoms with Gasteiger partial charge in [-0.2, -0.15) is 0 Å². The number of aromatic nitrogens is 1.